The second-order valence-corrected chi connectivity index (χ2v) is 6.72. The molecule has 1 N–H and O–H groups in total. The van der Waals surface area contributed by atoms with E-state index in [0.717, 1.165) is 12.8 Å². The van der Waals surface area contributed by atoms with E-state index in [0.29, 0.717) is 18.3 Å². The molecule has 0 aliphatic heterocycles. The van der Waals surface area contributed by atoms with Gasteiger partial charge < -0.3 is 0 Å². The minimum absolute atomic E-state index is 0.169. The van der Waals surface area contributed by atoms with Gasteiger partial charge in [0.1, 0.15) is 4.90 Å². The molecular formula is C13H16N4O2S. The number of nitrogens with zero attached hydrogens (tertiary/aromatic N) is 3. The summed E-state index contributed by atoms with van der Waals surface area (Å²) < 4.78 is 28.4. The molecule has 2 aromatic rings. The molecule has 0 aromatic carbocycles. The van der Waals surface area contributed by atoms with Crippen molar-refractivity contribution in [3.05, 3.63) is 36.8 Å². The second-order valence-electron chi connectivity index (χ2n) is 4.96. The molecule has 0 atom stereocenters. The lowest BCUT2D eigenvalue weighted by Crippen LogP contribution is -2.32. The van der Waals surface area contributed by atoms with Gasteiger partial charge in [0.15, 0.2) is 5.82 Å². The van der Waals surface area contributed by atoms with E-state index in [-0.39, 0.29) is 4.90 Å². The summed E-state index contributed by atoms with van der Waals surface area (Å²) >= 11 is 0. The topological polar surface area (TPSA) is 76.9 Å². The van der Waals surface area contributed by atoms with Gasteiger partial charge in [-0.1, -0.05) is 12.5 Å². The van der Waals surface area contributed by atoms with Gasteiger partial charge in [0.25, 0.3) is 0 Å². The first-order valence-electron chi connectivity index (χ1n) is 6.61. The van der Waals surface area contributed by atoms with Gasteiger partial charge in [0.2, 0.25) is 10.0 Å². The number of hydrogen-bond donors (Lipinski definition) is 1. The Balaban J connectivity index is 1.75. The van der Waals surface area contributed by atoms with Gasteiger partial charge in [-0.2, -0.15) is 5.10 Å². The van der Waals surface area contributed by atoms with Crippen LogP contribution in [-0.2, 0) is 10.0 Å². The zero-order chi connectivity index (χ0) is 14.0. The van der Waals surface area contributed by atoms with E-state index in [1.54, 1.807) is 18.3 Å². The Labute approximate surface area is 117 Å². The quantitative estimate of drug-likeness (QED) is 0.902. The first kappa shape index (κ1) is 13.3. The minimum atomic E-state index is -3.48. The van der Waals surface area contributed by atoms with E-state index >= 15 is 0 Å². The molecule has 3 rings (SSSR count). The molecule has 20 heavy (non-hydrogen) atoms. The molecule has 0 bridgehead atoms. The molecule has 6 nitrogen and oxygen atoms in total. The maximum Gasteiger partial charge on any atom is 0.243 e. The van der Waals surface area contributed by atoms with Crippen LogP contribution in [0.15, 0.2) is 41.7 Å². The fourth-order valence-electron chi connectivity index (χ4n) is 2.07. The molecule has 0 radical (unpaired) electrons. The van der Waals surface area contributed by atoms with Crippen LogP contribution in [0.3, 0.4) is 0 Å². The first-order chi connectivity index (χ1) is 9.65. The van der Waals surface area contributed by atoms with E-state index in [4.69, 9.17) is 0 Å². The predicted octanol–water partition coefficient (Wildman–Crippen LogP) is 1.35. The van der Waals surface area contributed by atoms with E-state index in [1.807, 2.05) is 6.07 Å². The molecule has 1 aliphatic carbocycles. The van der Waals surface area contributed by atoms with Crippen LogP contribution in [0.25, 0.3) is 5.82 Å². The Morgan fingerprint density at radius 2 is 2.20 bits per heavy atom. The van der Waals surface area contributed by atoms with Crippen molar-refractivity contribution in [2.24, 2.45) is 5.92 Å². The van der Waals surface area contributed by atoms with Crippen molar-refractivity contribution < 1.29 is 8.42 Å². The van der Waals surface area contributed by atoms with Crippen molar-refractivity contribution in [3.63, 3.8) is 0 Å². The molecule has 0 spiro atoms. The Hall–Kier alpha value is -1.73. The molecular weight excluding hydrogens is 276 g/mol. The van der Waals surface area contributed by atoms with Crippen molar-refractivity contribution in [1.29, 1.82) is 0 Å². The molecule has 2 aromatic heterocycles. The van der Waals surface area contributed by atoms with Gasteiger partial charge in [-0.25, -0.2) is 22.8 Å². The monoisotopic (exact) mass is 292 g/mol. The summed E-state index contributed by atoms with van der Waals surface area (Å²) in [4.78, 5) is 4.30. The highest BCUT2D eigenvalue weighted by Crippen LogP contribution is 2.25. The molecule has 1 saturated carbocycles. The van der Waals surface area contributed by atoms with Crippen LogP contribution < -0.4 is 4.72 Å². The third-order valence-electron chi connectivity index (χ3n) is 3.54. The highest BCUT2D eigenvalue weighted by molar-refractivity contribution is 7.89. The van der Waals surface area contributed by atoms with Crippen LogP contribution in [0.2, 0.25) is 0 Å². The third-order valence-corrected chi connectivity index (χ3v) is 4.92. The highest BCUT2D eigenvalue weighted by atomic mass is 32.2. The van der Waals surface area contributed by atoms with Crippen LogP contribution in [0, 0.1) is 5.92 Å². The molecule has 0 saturated heterocycles. The average molecular weight is 292 g/mol. The van der Waals surface area contributed by atoms with Crippen molar-refractivity contribution in [2.75, 3.05) is 6.54 Å². The Morgan fingerprint density at radius 3 is 2.85 bits per heavy atom. The summed E-state index contributed by atoms with van der Waals surface area (Å²) in [6.07, 6.45) is 7.87. The first-order valence-corrected chi connectivity index (χ1v) is 8.09. The van der Waals surface area contributed by atoms with Crippen molar-refractivity contribution in [1.82, 2.24) is 19.5 Å². The zero-order valence-corrected chi connectivity index (χ0v) is 11.8. The fraction of sp³-hybridized carbons (Fsp3) is 0.385. The normalized spacial score (nSPS) is 16.0. The smallest absolute Gasteiger partial charge is 0.237 e. The summed E-state index contributed by atoms with van der Waals surface area (Å²) in [5.74, 6) is 1.07. The van der Waals surface area contributed by atoms with E-state index in [9.17, 15) is 8.42 Å². The van der Waals surface area contributed by atoms with Gasteiger partial charge in [-0.15, -0.1) is 0 Å². The van der Waals surface area contributed by atoms with Gasteiger partial charge in [0, 0.05) is 12.7 Å². The van der Waals surface area contributed by atoms with Gasteiger partial charge in [0.05, 0.1) is 12.4 Å². The van der Waals surface area contributed by atoms with Gasteiger partial charge in [-0.3, -0.25) is 0 Å². The zero-order valence-electron chi connectivity index (χ0n) is 10.9. The number of aromatic nitrogens is 3. The highest BCUT2D eigenvalue weighted by Gasteiger charge is 2.22. The lowest BCUT2D eigenvalue weighted by molar-refractivity contribution is 0.316. The predicted molar refractivity (Wildman–Crippen MR) is 73.9 cm³/mol. The number of nitrogens with one attached hydrogen (secondary N) is 1. The Morgan fingerprint density at radius 1 is 1.35 bits per heavy atom. The molecule has 0 unspecified atom stereocenters. The maximum absolute atomic E-state index is 12.1. The van der Waals surface area contributed by atoms with Crippen LogP contribution >= 0.6 is 0 Å². The second kappa shape index (κ2) is 5.34. The summed E-state index contributed by atoms with van der Waals surface area (Å²) in [6, 6.07) is 5.39. The van der Waals surface area contributed by atoms with Crippen LogP contribution in [-0.4, -0.2) is 29.7 Å². The van der Waals surface area contributed by atoms with Crippen LogP contribution in [0.4, 0.5) is 0 Å². The summed E-state index contributed by atoms with van der Waals surface area (Å²) in [5.41, 5.74) is 0. The van der Waals surface area contributed by atoms with Gasteiger partial charge >= 0.3 is 0 Å². The maximum atomic E-state index is 12.1. The fourth-order valence-corrected chi connectivity index (χ4v) is 3.11. The minimum Gasteiger partial charge on any atom is -0.237 e. The molecule has 0 amide bonds. The van der Waals surface area contributed by atoms with Crippen molar-refractivity contribution in [2.45, 2.75) is 24.2 Å². The largest absolute Gasteiger partial charge is 0.243 e. The van der Waals surface area contributed by atoms with Crippen LogP contribution in [0.1, 0.15) is 19.3 Å². The molecule has 7 heteroatoms. The standard InChI is InChI=1S/C13H16N4O2S/c18-20(19,16-8-11-4-3-5-11)12-9-15-17(10-12)13-6-1-2-7-14-13/h1-2,6-7,9-11,16H,3-5,8H2. The lowest BCUT2D eigenvalue weighted by Gasteiger charge is -2.25. The van der Waals surface area contributed by atoms with E-state index in [2.05, 4.69) is 14.8 Å². The lowest BCUT2D eigenvalue weighted by atomic mass is 9.86. The summed E-state index contributed by atoms with van der Waals surface area (Å²) in [7, 11) is -3.48. The summed E-state index contributed by atoms with van der Waals surface area (Å²) in [6.45, 7) is 0.511. The van der Waals surface area contributed by atoms with Crippen molar-refractivity contribution in [3.8, 4) is 5.82 Å². The number of rotatable bonds is 5. The molecule has 2 heterocycles. The molecule has 1 fully saturated rings. The SMILES string of the molecule is O=S(=O)(NCC1CCC1)c1cnn(-c2ccccn2)c1. The average Bonchev–Trinajstić information content (AvgIpc) is 2.88. The van der Waals surface area contributed by atoms with Crippen molar-refractivity contribution >= 4 is 10.0 Å². The Kier molecular flexibility index (Phi) is 3.54. The number of sulfonamides is 1. The third kappa shape index (κ3) is 2.73. The Bertz CT molecular complexity index is 677. The number of pyridine rings is 1. The van der Waals surface area contributed by atoms with Gasteiger partial charge in [-0.05, 0) is 30.9 Å². The molecule has 1 aliphatic rings. The molecule has 106 valence electrons. The van der Waals surface area contributed by atoms with E-state index in [1.165, 1.54) is 23.5 Å². The van der Waals surface area contributed by atoms with E-state index < -0.39 is 10.0 Å². The number of hydrogen-bond acceptors (Lipinski definition) is 4. The van der Waals surface area contributed by atoms with Crippen LogP contribution in [0.5, 0.6) is 0 Å². The summed E-state index contributed by atoms with van der Waals surface area (Å²) in [5, 5.41) is 4.05.